The lowest BCUT2D eigenvalue weighted by Crippen LogP contribution is -1.82. The van der Waals surface area contributed by atoms with Gasteiger partial charge in [0, 0.05) is 17.7 Å². The van der Waals surface area contributed by atoms with Crippen LogP contribution < -0.4 is 0 Å². The van der Waals surface area contributed by atoms with Crippen LogP contribution in [0.4, 0.5) is 0 Å². The Hall–Kier alpha value is -1.39. The first kappa shape index (κ1) is 10.1. The van der Waals surface area contributed by atoms with Crippen LogP contribution in [0, 0.1) is 6.61 Å². The van der Waals surface area contributed by atoms with Gasteiger partial charge in [0.25, 0.3) is 0 Å². The normalized spacial score (nSPS) is 10.5. The fourth-order valence-corrected chi connectivity index (χ4v) is 1.22. The van der Waals surface area contributed by atoms with Crippen molar-refractivity contribution in [2.45, 2.75) is 0 Å². The Labute approximate surface area is 91.8 Å². The summed E-state index contributed by atoms with van der Waals surface area (Å²) in [7, 11) is 1.52. The van der Waals surface area contributed by atoms with Crippen LogP contribution in [0.25, 0.3) is 11.5 Å². The standard InChI is InChI=1S/C10H8ClN2O2/c1-14-6-9-12-13-10(15-9)7-2-4-8(11)5-3-7/h2-6H,1H3. The summed E-state index contributed by atoms with van der Waals surface area (Å²) < 4.78 is 10.1. The minimum Gasteiger partial charge on any atom is -0.418 e. The third kappa shape index (κ3) is 2.34. The molecule has 0 unspecified atom stereocenters. The Morgan fingerprint density at radius 3 is 2.67 bits per heavy atom. The van der Waals surface area contributed by atoms with Crippen molar-refractivity contribution in [1.82, 2.24) is 10.2 Å². The molecule has 4 nitrogen and oxygen atoms in total. The summed E-state index contributed by atoms with van der Waals surface area (Å²) in [4.78, 5) is 0. The van der Waals surface area contributed by atoms with Crippen LogP contribution in [0.5, 0.6) is 0 Å². The van der Waals surface area contributed by atoms with E-state index in [2.05, 4.69) is 10.2 Å². The van der Waals surface area contributed by atoms with Gasteiger partial charge in [0.1, 0.15) is 0 Å². The number of hydrogen-bond donors (Lipinski definition) is 0. The second-order valence-electron chi connectivity index (χ2n) is 2.81. The molecule has 0 amide bonds. The second-order valence-corrected chi connectivity index (χ2v) is 3.24. The number of halogens is 1. The first-order chi connectivity index (χ1) is 7.29. The van der Waals surface area contributed by atoms with Crippen molar-refractivity contribution in [1.29, 1.82) is 0 Å². The van der Waals surface area contributed by atoms with Gasteiger partial charge < -0.3 is 9.15 Å². The Morgan fingerprint density at radius 2 is 2.00 bits per heavy atom. The minimum absolute atomic E-state index is 0.336. The van der Waals surface area contributed by atoms with Gasteiger partial charge in [0.2, 0.25) is 11.8 Å². The maximum atomic E-state index is 5.76. The molecule has 1 heterocycles. The van der Waals surface area contributed by atoms with Crippen LogP contribution in [-0.4, -0.2) is 17.3 Å². The Balaban J connectivity index is 2.25. The van der Waals surface area contributed by atoms with E-state index in [9.17, 15) is 0 Å². The zero-order valence-corrected chi connectivity index (χ0v) is 8.73. The van der Waals surface area contributed by atoms with Crippen molar-refractivity contribution in [2.75, 3.05) is 7.11 Å². The molecule has 0 spiro atoms. The highest BCUT2D eigenvalue weighted by atomic mass is 35.5. The van der Waals surface area contributed by atoms with E-state index in [0.717, 1.165) is 5.56 Å². The molecule has 15 heavy (non-hydrogen) atoms. The number of aromatic nitrogens is 2. The number of hydrogen-bond acceptors (Lipinski definition) is 4. The Morgan fingerprint density at radius 1 is 1.27 bits per heavy atom. The van der Waals surface area contributed by atoms with Crippen molar-refractivity contribution in [3.63, 3.8) is 0 Å². The molecule has 1 radical (unpaired) electrons. The van der Waals surface area contributed by atoms with E-state index in [-0.39, 0.29) is 0 Å². The van der Waals surface area contributed by atoms with Gasteiger partial charge in [-0.1, -0.05) is 11.6 Å². The Kier molecular flexibility index (Phi) is 2.99. The first-order valence-corrected chi connectivity index (χ1v) is 4.63. The summed E-state index contributed by atoms with van der Waals surface area (Å²) in [5.74, 6) is 0.775. The van der Waals surface area contributed by atoms with Crippen LogP contribution in [-0.2, 0) is 4.74 Å². The lowest BCUT2D eigenvalue weighted by molar-refractivity contribution is 0.269. The number of benzene rings is 1. The van der Waals surface area contributed by atoms with Crippen LogP contribution in [0.2, 0.25) is 5.02 Å². The van der Waals surface area contributed by atoms with Crippen LogP contribution >= 0.6 is 11.6 Å². The molecule has 0 N–H and O–H groups in total. The van der Waals surface area contributed by atoms with E-state index in [4.69, 9.17) is 20.8 Å². The molecule has 5 heteroatoms. The predicted octanol–water partition coefficient (Wildman–Crippen LogP) is 2.55. The molecular weight excluding hydrogens is 216 g/mol. The molecule has 1 aromatic heterocycles. The van der Waals surface area contributed by atoms with Crippen molar-refractivity contribution >= 4 is 11.6 Å². The van der Waals surface area contributed by atoms with Gasteiger partial charge >= 0.3 is 0 Å². The molecular formula is C10H8ClN2O2. The van der Waals surface area contributed by atoms with E-state index >= 15 is 0 Å². The fraction of sp³-hybridized carbons (Fsp3) is 0.100. The molecule has 2 aromatic rings. The van der Waals surface area contributed by atoms with Crippen LogP contribution in [0.3, 0.4) is 0 Å². The highest BCUT2D eigenvalue weighted by Crippen LogP contribution is 2.20. The van der Waals surface area contributed by atoms with Gasteiger partial charge in [-0.05, 0) is 24.3 Å². The number of rotatable bonds is 3. The van der Waals surface area contributed by atoms with E-state index < -0.39 is 0 Å². The maximum Gasteiger partial charge on any atom is 0.248 e. The summed E-state index contributed by atoms with van der Waals surface area (Å²) in [5, 5.41) is 8.31. The van der Waals surface area contributed by atoms with Gasteiger partial charge in [-0.15, -0.1) is 10.2 Å². The fourth-order valence-electron chi connectivity index (χ4n) is 1.09. The lowest BCUT2D eigenvalue weighted by atomic mass is 10.2. The molecule has 0 fully saturated rings. The van der Waals surface area contributed by atoms with Gasteiger partial charge in [-0.25, -0.2) is 0 Å². The first-order valence-electron chi connectivity index (χ1n) is 4.25. The van der Waals surface area contributed by atoms with Crippen molar-refractivity contribution in [2.24, 2.45) is 0 Å². The molecule has 0 bridgehead atoms. The topological polar surface area (TPSA) is 48.2 Å². The van der Waals surface area contributed by atoms with Crippen molar-refractivity contribution in [3.8, 4) is 11.5 Å². The van der Waals surface area contributed by atoms with E-state index in [1.165, 1.54) is 13.7 Å². The molecule has 0 aliphatic rings. The van der Waals surface area contributed by atoms with Gasteiger partial charge in [0.05, 0.1) is 0 Å². The average Bonchev–Trinajstić information content (AvgIpc) is 2.68. The Bertz CT molecular complexity index is 439. The third-order valence-corrected chi connectivity index (χ3v) is 2.00. The zero-order chi connectivity index (χ0) is 10.7. The molecule has 77 valence electrons. The number of nitrogens with zero attached hydrogens (tertiary/aromatic N) is 2. The van der Waals surface area contributed by atoms with Crippen LogP contribution in [0.15, 0.2) is 28.7 Å². The second kappa shape index (κ2) is 4.42. The summed E-state index contributed by atoms with van der Waals surface area (Å²) >= 11 is 5.76. The number of methoxy groups -OCH3 is 1. The molecule has 0 saturated heterocycles. The summed E-state index contributed by atoms with van der Waals surface area (Å²) in [5.41, 5.74) is 0.822. The smallest absolute Gasteiger partial charge is 0.248 e. The third-order valence-electron chi connectivity index (χ3n) is 1.75. The molecule has 0 atom stereocenters. The highest BCUT2D eigenvalue weighted by molar-refractivity contribution is 6.30. The molecule has 0 aliphatic carbocycles. The van der Waals surface area contributed by atoms with E-state index in [1.807, 2.05) is 12.1 Å². The van der Waals surface area contributed by atoms with Crippen molar-refractivity contribution < 1.29 is 9.15 Å². The summed E-state index contributed by atoms with van der Waals surface area (Å²) in [6, 6.07) is 7.15. The van der Waals surface area contributed by atoms with Gasteiger partial charge in [-0.2, -0.15) is 0 Å². The SMILES string of the molecule is CO[CH]c1nnc(-c2ccc(Cl)cc2)o1. The lowest BCUT2D eigenvalue weighted by Gasteiger charge is -1.93. The van der Waals surface area contributed by atoms with Gasteiger partial charge in [0.15, 0.2) is 6.61 Å². The minimum atomic E-state index is 0.336. The van der Waals surface area contributed by atoms with E-state index in [1.54, 1.807) is 12.1 Å². The predicted molar refractivity (Wildman–Crippen MR) is 55.2 cm³/mol. The molecule has 0 aliphatic heterocycles. The monoisotopic (exact) mass is 223 g/mol. The largest absolute Gasteiger partial charge is 0.418 e. The van der Waals surface area contributed by atoms with Crippen LogP contribution in [0.1, 0.15) is 5.89 Å². The maximum absolute atomic E-state index is 5.76. The molecule has 1 aromatic carbocycles. The number of ether oxygens (including phenoxy) is 1. The average molecular weight is 224 g/mol. The quantitative estimate of drug-likeness (QED) is 0.802. The van der Waals surface area contributed by atoms with E-state index in [0.29, 0.717) is 16.8 Å². The summed E-state index contributed by atoms with van der Waals surface area (Å²) in [6.07, 6.45) is 0. The summed E-state index contributed by atoms with van der Waals surface area (Å²) in [6.45, 7) is 1.38. The molecule has 2 rings (SSSR count). The molecule has 0 saturated carbocycles. The van der Waals surface area contributed by atoms with Crippen molar-refractivity contribution in [3.05, 3.63) is 41.8 Å². The zero-order valence-electron chi connectivity index (χ0n) is 7.98. The highest BCUT2D eigenvalue weighted by Gasteiger charge is 2.07. The van der Waals surface area contributed by atoms with Gasteiger partial charge in [-0.3, -0.25) is 0 Å².